The van der Waals surface area contributed by atoms with Crippen LogP contribution in [0.3, 0.4) is 0 Å². The Morgan fingerprint density at radius 1 is 1.61 bits per heavy atom. The molecular weight excluding hydrogens is 238 g/mol. The van der Waals surface area contributed by atoms with E-state index >= 15 is 0 Å². The first kappa shape index (κ1) is 12.7. The van der Waals surface area contributed by atoms with Gasteiger partial charge in [-0.25, -0.2) is 0 Å². The van der Waals surface area contributed by atoms with Crippen LogP contribution in [0.25, 0.3) is 0 Å². The van der Waals surface area contributed by atoms with Crippen LogP contribution in [-0.4, -0.2) is 24.2 Å². The Morgan fingerprint density at radius 3 is 3.06 bits per heavy atom. The van der Waals surface area contributed by atoms with Gasteiger partial charge in [0.15, 0.2) is 0 Å². The Kier molecular flexibility index (Phi) is 4.08. The molecule has 0 amide bonds. The van der Waals surface area contributed by atoms with Crippen LogP contribution in [0.1, 0.15) is 12.0 Å². The van der Waals surface area contributed by atoms with Gasteiger partial charge in [-0.1, -0.05) is 0 Å². The van der Waals surface area contributed by atoms with Crippen LogP contribution in [0.4, 0.5) is 11.4 Å². The van der Waals surface area contributed by atoms with Crippen molar-refractivity contribution in [3.63, 3.8) is 0 Å². The van der Waals surface area contributed by atoms with E-state index in [1.807, 2.05) is 0 Å². The minimum atomic E-state index is -0.482. The normalized spacial score (nSPS) is 18.8. The molecule has 0 bridgehead atoms. The van der Waals surface area contributed by atoms with Gasteiger partial charge in [-0.2, -0.15) is 0 Å². The largest absolute Gasteiger partial charge is 0.379 e. The predicted octanol–water partition coefficient (Wildman–Crippen LogP) is 1.19. The summed E-state index contributed by atoms with van der Waals surface area (Å²) in [4.78, 5) is 10.2. The van der Waals surface area contributed by atoms with Gasteiger partial charge in [0.25, 0.3) is 5.69 Å². The van der Waals surface area contributed by atoms with Gasteiger partial charge >= 0.3 is 0 Å². The molecule has 0 saturated carbocycles. The molecule has 0 aromatic heterocycles. The van der Waals surface area contributed by atoms with Crippen LogP contribution in [-0.2, 0) is 16.1 Å². The van der Waals surface area contributed by atoms with E-state index in [9.17, 15) is 10.1 Å². The smallest absolute Gasteiger partial charge is 0.293 e. The van der Waals surface area contributed by atoms with Crippen LogP contribution in [0.2, 0.25) is 0 Å². The number of nitrogen functional groups attached to an aromatic ring is 1. The second-order valence-electron chi connectivity index (χ2n) is 4.05. The maximum atomic E-state index is 10.7. The first-order valence-corrected chi connectivity index (χ1v) is 5.64. The van der Waals surface area contributed by atoms with E-state index in [4.69, 9.17) is 15.3 Å². The minimum Gasteiger partial charge on any atom is -0.379 e. The summed E-state index contributed by atoms with van der Waals surface area (Å²) in [5, 5.41) is 10.7. The summed E-state index contributed by atoms with van der Waals surface area (Å²) in [6.07, 6.45) is 0.990. The molecule has 1 unspecified atom stereocenters. The molecule has 7 nitrogen and oxygen atoms in total. The van der Waals surface area contributed by atoms with E-state index in [0.29, 0.717) is 13.2 Å². The molecule has 1 aromatic rings. The lowest BCUT2D eigenvalue weighted by Crippen LogP contribution is -2.13. The summed E-state index contributed by atoms with van der Waals surface area (Å²) < 4.78 is 10.8. The quantitative estimate of drug-likeness (QED) is 0.464. The van der Waals surface area contributed by atoms with Crippen LogP contribution < -0.4 is 11.3 Å². The zero-order valence-corrected chi connectivity index (χ0v) is 9.80. The number of nitro groups is 1. The van der Waals surface area contributed by atoms with Crippen molar-refractivity contribution in [3.05, 3.63) is 33.9 Å². The lowest BCUT2D eigenvalue weighted by atomic mass is 10.2. The third-order valence-electron chi connectivity index (χ3n) is 2.79. The Hall–Kier alpha value is -1.70. The highest BCUT2D eigenvalue weighted by atomic mass is 16.6. The summed E-state index contributed by atoms with van der Waals surface area (Å²) in [5.41, 5.74) is 3.39. The van der Waals surface area contributed by atoms with Gasteiger partial charge in [0.2, 0.25) is 0 Å². The van der Waals surface area contributed by atoms with E-state index in [0.717, 1.165) is 18.6 Å². The monoisotopic (exact) mass is 253 g/mol. The van der Waals surface area contributed by atoms with Crippen LogP contribution in [0.15, 0.2) is 18.2 Å². The summed E-state index contributed by atoms with van der Waals surface area (Å²) >= 11 is 0. The molecular formula is C11H15N3O4. The van der Waals surface area contributed by atoms with Gasteiger partial charge in [-0.15, -0.1) is 0 Å². The summed E-state index contributed by atoms with van der Waals surface area (Å²) in [6, 6.07) is 4.70. The second kappa shape index (κ2) is 5.76. The number of nitrogens with one attached hydrogen (secondary N) is 1. The molecule has 2 rings (SSSR count). The molecule has 1 heterocycles. The van der Waals surface area contributed by atoms with Crippen LogP contribution in [0, 0.1) is 10.1 Å². The molecule has 0 spiro atoms. The SMILES string of the molecule is NNc1cc(COC2CCOC2)ccc1[N+](=O)[O-]. The van der Waals surface area contributed by atoms with Crippen molar-refractivity contribution in [2.75, 3.05) is 18.6 Å². The molecule has 1 fully saturated rings. The zero-order chi connectivity index (χ0) is 13.0. The van der Waals surface area contributed by atoms with E-state index in [1.165, 1.54) is 6.07 Å². The number of nitrogens with two attached hydrogens (primary N) is 1. The number of anilines is 1. The fourth-order valence-electron chi connectivity index (χ4n) is 1.81. The van der Waals surface area contributed by atoms with Crippen molar-refractivity contribution in [2.45, 2.75) is 19.1 Å². The molecule has 98 valence electrons. The van der Waals surface area contributed by atoms with Crippen molar-refractivity contribution >= 4 is 11.4 Å². The standard InChI is InChI=1S/C11H15N3O4/c12-13-10-5-8(1-2-11(10)14(15)16)6-18-9-3-4-17-7-9/h1-2,5,9,13H,3-4,6-7,12H2. The summed E-state index contributed by atoms with van der Waals surface area (Å²) in [5.74, 6) is 5.26. The molecule has 0 aliphatic carbocycles. The van der Waals surface area contributed by atoms with Gasteiger partial charge in [0, 0.05) is 12.7 Å². The van der Waals surface area contributed by atoms with Gasteiger partial charge < -0.3 is 14.9 Å². The topological polar surface area (TPSA) is 99.7 Å². The van der Waals surface area contributed by atoms with Crippen molar-refractivity contribution < 1.29 is 14.4 Å². The first-order valence-electron chi connectivity index (χ1n) is 5.64. The number of hydrogen-bond acceptors (Lipinski definition) is 6. The number of benzene rings is 1. The highest BCUT2D eigenvalue weighted by Gasteiger charge is 2.17. The highest BCUT2D eigenvalue weighted by molar-refractivity contribution is 5.61. The number of ether oxygens (including phenoxy) is 2. The fraction of sp³-hybridized carbons (Fsp3) is 0.455. The third kappa shape index (κ3) is 2.95. The van der Waals surface area contributed by atoms with E-state index in [2.05, 4.69) is 5.43 Å². The number of hydrogen-bond donors (Lipinski definition) is 2. The molecule has 0 radical (unpaired) electrons. The van der Waals surface area contributed by atoms with Crippen LogP contribution in [0.5, 0.6) is 0 Å². The predicted molar refractivity (Wildman–Crippen MR) is 64.9 cm³/mol. The summed E-state index contributed by atoms with van der Waals surface area (Å²) in [6.45, 7) is 1.72. The Bertz CT molecular complexity index is 432. The van der Waals surface area contributed by atoms with Gasteiger partial charge in [0.1, 0.15) is 5.69 Å². The molecule has 1 aromatic carbocycles. The Balaban J connectivity index is 2.02. The molecule has 7 heteroatoms. The highest BCUT2D eigenvalue weighted by Crippen LogP contribution is 2.25. The lowest BCUT2D eigenvalue weighted by Gasteiger charge is -2.10. The number of hydrazine groups is 1. The first-order chi connectivity index (χ1) is 8.70. The van der Waals surface area contributed by atoms with Crippen molar-refractivity contribution in [1.29, 1.82) is 0 Å². The number of nitro benzene ring substituents is 1. The molecule has 1 atom stereocenters. The molecule has 1 saturated heterocycles. The average Bonchev–Trinajstić information content (AvgIpc) is 2.88. The number of nitrogens with zero attached hydrogens (tertiary/aromatic N) is 1. The maximum Gasteiger partial charge on any atom is 0.293 e. The molecule has 1 aliphatic rings. The lowest BCUT2D eigenvalue weighted by molar-refractivity contribution is -0.384. The van der Waals surface area contributed by atoms with E-state index in [1.54, 1.807) is 12.1 Å². The molecule has 18 heavy (non-hydrogen) atoms. The van der Waals surface area contributed by atoms with E-state index in [-0.39, 0.29) is 17.5 Å². The third-order valence-corrected chi connectivity index (χ3v) is 2.79. The van der Waals surface area contributed by atoms with Gasteiger partial charge in [-0.05, 0) is 24.1 Å². The van der Waals surface area contributed by atoms with Crippen LogP contribution >= 0.6 is 0 Å². The maximum absolute atomic E-state index is 10.7. The Labute approximate surface area is 104 Å². The van der Waals surface area contributed by atoms with Crippen molar-refractivity contribution in [2.24, 2.45) is 5.84 Å². The second-order valence-corrected chi connectivity index (χ2v) is 4.05. The van der Waals surface area contributed by atoms with Crippen molar-refractivity contribution in [1.82, 2.24) is 0 Å². The van der Waals surface area contributed by atoms with Crippen molar-refractivity contribution in [3.8, 4) is 0 Å². The Morgan fingerprint density at radius 2 is 2.44 bits per heavy atom. The minimum absolute atomic E-state index is 0.0505. The van der Waals surface area contributed by atoms with Gasteiger partial charge in [-0.3, -0.25) is 16.0 Å². The average molecular weight is 253 g/mol. The number of rotatable bonds is 5. The summed E-state index contributed by atoms with van der Waals surface area (Å²) in [7, 11) is 0. The van der Waals surface area contributed by atoms with E-state index < -0.39 is 4.92 Å². The molecule has 1 aliphatic heterocycles. The fourth-order valence-corrected chi connectivity index (χ4v) is 1.81. The molecule has 3 N–H and O–H groups in total. The zero-order valence-electron chi connectivity index (χ0n) is 9.80. The van der Waals surface area contributed by atoms with Gasteiger partial charge in [0.05, 0.1) is 24.2 Å².